The third kappa shape index (κ3) is 5.22. The van der Waals surface area contributed by atoms with Gasteiger partial charge in [-0.15, -0.1) is 0 Å². The average Bonchev–Trinajstić information content (AvgIpc) is 2.62. The van der Waals surface area contributed by atoms with Gasteiger partial charge in [0.15, 0.2) is 11.5 Å². The first-order valence-corrected chi connectivity index (χ1v) is 8.22. The normalized spacial score (nSPS) is 11.7. The zero-order chi connectivity index (χ0) is 18.2. The molecule has 0 bridgehead atoms. The summed E-state index contributed by atoms with van der Waals surface area (Å²) in [7, 11) is 3.22. The second-order valence-corrected chi connectivity index (χ2v) is 5.81. The highest BCUT2D eigenvalue weighted by Gasteiger charge is 2.14. The van der Waals surface area contributed by atoms with Crippen molar-refractivity contribution < 1.29 is 19.0 Å². The molecule has 5 nitrogen and oxygen atoms in total. The number of hydrogen-bond donors (Lipinski definition) is 1. The molecule has 0 spiro atoms. The lowest BCUT2D eigenvalue weighted by atomic mass is 10.1. The molecule has 2 rings (SSSR count). The van der Waals surface area contributed by atoms with Crippen molar-refractivity contribution in [2.45, 2.75) is 19.9 Å². The lowest BCUT2D eigenvalue weighted by molar-refractivity contribution is 0.0940. The molecule has 0 aliphatic carbocycles. The van der Waals surface area contributed by atoms with Crippen LogP contribution in [0.15, 0.2) is 42.5 Å². The van der Waals surface area contributed by atoms with E-state index in [2.05, 4.69) is 5.32 Å². The van der Waals surface area contributed by atoms with Gasteiger partial charge >= 0.3 is 0 Å². The van der Waals surface area contributed by atoms with Crippen LogP contribution in [0.3, 0.4) is 0 Å². The van der Waals surface area contributed by atoms with Crippen molar-refractivity contribution in [3.63, 3.8) is 0 Å². The third-order valence-corrected chi connectivity index (χ3v) is 3.89. The van der Waals surface area contributed by atoms with E-state index in [1.54, 1.807) is 14.2 Å². The summed E-state index contributed by atoms with van der Waals surface area (Å²) in [5, 5.41) is 3.00. The Morgan fingerprint density at radius 1 is 1.04 bits per heavy atom. The highest BCUT2D eigenvalue weighted by Crippen LogP contribution is 2.30. The van der Waals surface area contributed by atoms with Gasteiger partial charge in [-0.3, -0.25) is 4.79 Å². The number of aryl methyl sites for hydroxylation is 1. The van der Waals surface area contributed by atoms with Crippen LogP contribution in [0.1, 0.15) is 34.5 Å². The quantitative estimate of drug-likeness (QED) is 0.745. The van der Waals surface area contributed by atoms with Crippen molar-refractivity contribution in [1.82, 2.24) is 5.32 Å². The van der Waals surface area contributed by atoms with Gasteiger partial charge in [-0.2, -0.15) is 0 Å². The summed E-state index contributed by atoms with van der Waals surface area (Å²) >= 11 is 0. The van der Waals surface area contributed by atoms with Crippen molar-refractivity contribution in [2.24, 2.45) is 0 Å². The average molecular weight is 343 g/mol. The highest BCUT2D eigenvalue weighted by molar-refractivity contribution is 5.94. The van der Waals surface area contributed by atoms with Gasteiger partial charge in [0, 0.05) is 12.7 Å². The van der Waals surface area contributed by atoms with Crippen molar-refractivity contribution in [2.75, 3.05) is 27.4 Å². The first-order chi connectivity index (χ1) is 12.0. The first kappa shape index (κ1) is 18.8. The highest BCUT2D eigenvalue weighted by atomic mass is 16.5. The van der Waals surface area contributed by atoms with E-state index < -0.39 is 0 Å². The van der Waals surface area contributed by atoms with Crippen LogP contribution in [0.2, 0.25) is 0 Å². The van der Waals surface area contributed by atoms with Gasteiger partial charge < -0.3 is 19.5 Å². The van der Waals surface area contributed by atoms with Crippen LogP contribution in [-0.4, -0.2) is 33.3 Å². The number of rotatable bonds is 8. The summed E-state index contributed by atoms with van der Waals surface area (Å²) in [5.74, 6) is 1.18. The predicted octanol–water partition coefficient (Wildman–Crippen LogP) is 3.52. The summed E-state index contributed by atoms with van der Waals surface area (Å²) < 4.78 is 16.0. The van der Waals surface area contributed by atoms with Gasteiger partial charge in [0.05, 0.1) is 19.8 Å². The molecule has 0 unspecified atom stereocenters. The van der Waals surface area contributed by atoms with Crippen LogP contribution in [-0.2, 0) is 4.74 Å². The minimum atomic E-state index is -0.157. The van der Waals surface area contributed by atoms with Crippen molar-refractivity contribution in [3.8, 4) is 11.5 Å². The molecule has 2 aromatic rings. The molecule has 0 saturated heterocycles. The fourth-order valence-electron chi connectivity index (χ4n) is 2.38. The van der Waals surface area contributed by atoms with Crippen LogP contribution < -0.4 is 14.8 Å². The van der Waals surface area contributed by atoms with Gasteiger partial charge in [-0.05, 0) is 43.7 Å². The molecule has 0 heterocycles. The van der Waals surface area contributed by atoms with E-state index >= 15 is 0 Å². The number of carbonyl (C=O) groups excluding carboxylic acids is 1. The van der Waals surface area contributed by atoms with Crippen LogP contribution in [0.4, 0.5) is 0 Å². The van der Waals surface area contributed by atoms with Gasteiger partial charge in [-0.25, -0.2) is 0 Å². The van der Waals surface area contributed by atoms with Gasteiger partial charge in [-0.1, -0.05) is 23.8 Å². The van der Waals surface area contributed by atoms with E-state index in [4.69, 9.17) is 14.2 Å². The van der Waals surface area contributed by atoms with E-state index in [0.29, 0.717) is 30.3 Å². The number of hydrogen-bond acceptors (Lipinski definition) is 4. The third-order valence-electron chi connectivity index (χ3n) is 3.89. The monoisotopic (exact) mass is 343 g/mol. The van der Waals surface area contributed by atoms with Gasteiger partial charge in [0.25, 0.3) is 5.91 Å². The Balaban J connectivity index is 2.06. The smallest absolute Gasteiger partial charge is 0.251 e. The molecule has 1 amide bonds. The largest absolute Gasteiger partial charge is 0.493 e. The Morgan fingerprint density at radius 2 is 1.76 bits per heavy atom. The SMILES string of the molecule is COCCOc1ccc([C@@H](C)NC(=O)c2ccc(C)cc2)cc1OC. The standard InChI is InChI=1S/C20H25NO4/c1-14-5-7-16(8-6-14)20(22)21-15(2)17-9-10-18(19(13-17)24-4)25-12-11-23-3/h5-10,13,15H,11-12H2,1-4H3,(H,21,22)/t15-/m1/s1. The van der Waals surface area contributed by atoms with Crippen LogP contribution in [0, 0.1) is 6.92 Å². The van der Waals surface area contributed by atoms with Crippen LogP contribution in [0.5, 0.6) is 11.5 Å². The summed E-state index contributed by atoms with van der Waals surface area (Å²) in [4.78, 5) is 12.4. The summed E-state index contributed by atoms with van der Waals surface area (Å²) in [6.07, 6.45) is 0. The maximum Gasteiger partial charge on any atom is 0.251 e. The molecule has 0 fully saturated rings. The fraction of sp³-hybridized carbons (Fsp3) is 0.350. The molecule has 0 aliphatic heterocycles. The maximum absolute atomic E-state index is 12.4. The Labute approximate surface area is 148 Å². The molecular weight excluding hydrogens is 318 g/mol. The molecule has 0 radical (unpaired) electrons. The minimum Gasteiger partial charge on any atom is -0.493 e. The summed E-state index contributed by atoms with van der Waals surface area (Å²) in [5.41, 5.74) is 2.71. The maximum atomic E-state index is 12.4. The molecule has 0 aromatic heterocycles. The van der Waals surface area contributed by atoms with E-state index in [9.17, 15) is 4.79 Å². The second-order valence-electron chi connectivity index (χ2n) is 5.81. The Bertz CT molecular complexity index is 697. The van der Waals surface area contributed by atoms with E-state index in [0.717, 1.165) is 11.1 Å². The molecule has 134 valence electrons. The second kappa shape index (κ2) is 9.08. The number of benzene rings is 2. The van der Waals surface area contributed by atoms with Crippen LogP contribution in [0.25, 0.3) is 0 Å². The Hall–Kier alpha value is -2.53. The summed E-state index contributed by atoms with van der Waals surface area (Å²) in [6.45, 7) is 4.89. The number of methoxy groups -OCH3 is 2. The van der Waals surface area contributed by atoms with E-state index in [1.807, 2.05) is 56.3 Å². The lowest BCUT2D eigenvalue weighted by Gasteiger charge is -2.17. The molecule has 1 N–H and O–H groups in total. The number of ether oxygens (including phenoxy) is 3. The topological polar surface area (TPSA) is 56.8 Å². The lowest BCUT2D eigenvalue weighted by Crippen LogP contribution is -2.26. The molecular formula is C20H25NO4. The number of nitrogens with one attached hydrogen (secondary N) is 1. The van der Waals surface area contributed by atoms with Crippen LogP contribution >= 0.6 is 0 Å². The van der Waals surface area contributed by atoms with Gasteiger partial charge in [0.2, 0.25) is 0 Å². The van der Waals surface area contributed by atoms with Crippen molar-refractivity contribution >= 4 is 5.91 Å². The number of carbonyl (C=O) groups is 1. The molecule has 1 atom stereocenters. The molecule has 5 heteroatoms. The molecule has 25 heavy (non-hydrogen) atoms. The number of amides is 1. The first-order valence-electron chi connectivity index (χ1n) is 8.22. The van der Waals surface area contributed by atoms with E-state index in [-0.39, 0.29) is 11.9 Å². The zero-order valence-electron chi connectivity index (χ0n) is 15.2. The molecule has 0 aliphatic rings. The summed E-state index contributed by atoms with van der Waals surface area (Å²) in [6, 6.07) is 13.0. The minimum absolute atomic E-state index is 0.105. The van der Waals surface area contributed by atoms with Crippen molar-refractivity contribution in [1.29, 1.82) is 0 Å². The van der Waals surface area contributed by atoms with Gasteiger partial charge in [0.1, 0.15) is 6.61 Å². The fourth-order valence-corrected chi connectivity index (χ4v) is 2.38. The predicted molar refractivity (Wildman–Crippen MR) is 97.4 cm³/mol. The van der Waals surface area contributed by atoms with E-state index in [1.165, 1.54) is 0 Å². The molecule has 0 saturated carbocycles. The molecule has 2 aromatic carbocycles. The Morgan fingerprint density at radius 3 is 2.40 bits per heavy atom. The van der Waals surface area contributed by atoms with Crippen molar-refractivity contribution in [3.05, 3.63) is 59.2 Å². The Kier molecular flexibility index (Phi) is 6.83. The zero-order valence-corrected chi connectivity index (χ0v) is 15.2.